The Bertz CT molecular complexity index is 87.6. The first-order chi connectivity index (χ1) is 4.86. The van der Waals surface area contributed by atoms with Crippen LogP contribution in [0.4, 0.5) is 8.78 Å². The van der Waals surface area contributed by atoms with Gasteiger partial charge in [0, 0.05) is 24.9 Å². The van der Waals surface area contributed by atoms with Gasteiger partial charge in [0.25, 0.3) is 0 Å². The second-order valence-electron chi connectivity index (χ2n) is 2.93. The van der Waals surface area contributed by atoms with E-state index in [1.807, 2.05) is 0 Å². The lowest BCUT2D eigenvalue weighted by atomic mass is 9.92. The number of rotatable bonds is 2. The molecule has 0 aliphatic carbocycles. The Balaban J connectivity index is 2.25. The molecule has 0 spiro atoms. The molecule has 0 radical (unpaired) electrons. The van der Waals surface area contributed by atoms with Crippen molar-refractivity contribution in [3.05, 3.63) is 0 Å². The molecule has 1 saturated heterocycles. The molecule has 1 N–H and O–H groups in total. The summed E-state index contributed by atoms with van der Waals surface area (Å²) in [4.78, 5) is 0. The lowest BCUT2D eigenvalue weighted by Crippen LogP contribution is -2.37. The Labute approximate surface area is 59.8 Å². The largest absolute Gasteiger partial charge is 0.316 e. The first kappa shape index (κ1) is 7.92. The van der Waals surface area contributed by atoms with Crippen LogP contribution in [-0.4, -0.2) is 26.4 Å². The summed E-state index contributed by atoms with van der Waals surface area (Å²) in [5.41, 5.74) is 0. The van der Waals surface area contributed by atoms with E-state index in [1.54, 1.807) is 0 Å². The summed E-state index contributed by atoms with van der Waals surface area (Å²) in [7, 11) is 0. The minimum atomic E-state index is -0.316. The number of alkyl halides is 2. The van der Waals surface area contributed by atoms with Crippen LogP contribution in [0.5, 0.6) is 0 Å². The van der Waals surface area contributed by atoms with Crippen LogP contribution in [0.15, 0.2) is 0 Å². The third-order valence-corrected chi connectivity index (χ3v) is 1.97. The lowest BCUT2D eigenvalue weighted by Gasteiger charge is -2.26. The lowest BCUT2D eigenvalue weighted by molar-refractivity contribution is 0.210. The second-order valence-corrected chi connectivity index (χ2v) is 2.93. The Morgan fingerprint density at radius 2 is 1.60 bits per heavy atom. The molecule has 1 heterocycles. The number of hydrogen-bond donors (Lipinski definition) is 1. The summed E-state index contributed by atoms with van der Waals surface area (Å²) in [5.74, 6) is 0.101. The average molecular weight is 149 g/mol. The van der Waals surface area contributed by atoms with Gasteiger partial charge in [-0.2, -0.15) is 0 Å². The molecule has 1 aliphatic rings. The van der Waals surface area contributed by atoms with Crippen LogP contribution in [0.1, 0.15) is 6.42 Å². The van der Waals surface area contributed by atoms with Crippen LogP contribution >= 0.6 is 0 Å². The van der Waals surface area contributed by atoms with E-state index < -0.39 is 0 Å². The van der Waals surface area contributed by atoms with E-state index in [2.05, 4.69) is 5.32 Å². The van der Waals surface area contributed by atoms with E-state index in [0.29, 0.717) is 19.5 Å². The highest BCUT2D eigenvalue weighted by atomic mass is 19.1. The van der Waals surface area contributed by atoms with Gasteiger partial charge in [-0.1, -0.05) is 0 Å². The Morgan fingerprint density at radius 1 is 1.10 bits per heavy atom. The smallest absolute Gasteiger partial charge is 0.0934 e. The molecule has 1 rings (SSSR count). The summed E-state index contributed by atoms with van der Waals surface area (Å²) in [6.07, 6.45) is 0.708. The fraction of sp³-hybridized carbons (Fsp3) is 1.00. The molecule has 3 heteroatoms. The van der Waals surface area contributed by atoms with Gasteiger partial charge in [0.15, 0.2) is 0 Å². The van der Waals surface area contributed by atoms with Crippen LogP contribution in [0.2, 0.25) is 0 Å². The maximum atomic E-state index is 12.0. The van der Waals surface area contributed by atoms with Crippen molar-refractivity contribution in [2.24, 2.45) is 11.8 Å². The van der Waals surface area contributed by atoms with Gasteiger partial charge >= 0.3 is 0 Å². The van der Waals surface area contributed by atoms with Crippen LogP contribution < -0.4 is 5.32 Å². The molecule has 0 aromatic carbocycles. The fourth-order valence-corrected chi connectivity index (χ4v) is 1.36. The standard InChI is InChI=1S/C7H13F2N/c8-2-6-1-7(3-9)5-10-4-6/h6-7,10H,1-5H2. The number of halogens is 2. The number of piperidine rings is 1. The van der Waals surface area contributed by atoms with Gasteiger partial charge in [-0.3, -0.25) is 8.78 Å². The van der Waals surface area contributed by atoms with E-state index >= 15 is 0 Å². The maximum Gasteiger partial charge on any atom is 0.0934 e. The Kier molecular flexibility index (Phi) is 3.06. The van der Waals surface area contributed by atoms with Gasteiger partial charge in [-0.25, -0.2) is 0 Å². The van der Waals surface area contributed by atoms with E-state index in [9.17, 15) is 8.78 Å². The molecule has 0 saturated carbocycles. The molecule has 1 aliphatic heterocycles. The molecule has 0 bridgehead atoms. The fourth-order valence-electron chi connectivity index (χ4n) is 1.36. The van der Waals surface area contributed by atoms with Crippen LogP contribution in [0, 0.1) is 11.8 Å². The number of hydrogen-bond acceptors (Lipinski definition) is 1. The Morgan fingerprint density at radius 3 is 2.00 bits per heavy atom. The molecule has 1 nitrogen and oxygen atoms in total. The highest BCUT2D eigenvalue weighted by Crippen LogP contribution is 2.16. The molecule has 0 amide bonds. The zero-order valence-electron chi connectivity index (χ0n) is 5.95. The third-order valence-electron chi connectivity index (χ3n) is 1.97. The minimum Gasteiger partial charge on any atom is -0.316 e. The summed E-state index contributed by atoms with van der Waals surface area (Å²) in [6, 6.07) is 0. The summed E-state index contributed by atoms with van der Waals surface area (Å²) in [6.45, 7) is 0.799. The second kappa shape index (κ2) is 3.86. The SMILES string of the molecule is FCC1CNCC(CF)C1. The normalized spacial score (nSPS) is 34.2. The van der Waals surface area contributed by atoms with Gasteiger partial charge < -0.3 is 5.32 Å². The van der Waals surface area contributed by atoms with Crippen molar-refractivity contribution >= 4 is 0 Å². The summed E-state index contributed by atoms with van der Waals surface area (Å²) < 4.78 is 24.1. The van der Waals surface area contributed by atoms with Crippen molar-refractivity contribution in [3.63, 3.8) is 0 Å². The maximum absolute atomic E-state index is 12.0. The molecule has 2 atom stereocenters. The quantitative estimate of drug-likeness (QED) is 0.621. The molecular formula is C7H13F2N. The predicted octanol–water partition coefficient (Wildman–Crippen LogP) is 1.15. The molecular weight excluding hydrogens is 136 g/mol. The van der Waals surface area contributed by atoms with Gasteiger partial charge in [0.2, 0.25) is 0 Å². The summed E-state index contributed by atoms with van der Waals surface area (Å²) in [5, 5.41) is 3.01. The van der Waals surface area contributed by atoms with Crippen molar-refractivity contribution in [2.75, 3.05) is 26.4 Å². The monoisotopic (exact) mass is 149 g/mol. The zero-order chi connectivity index (χ0) is 7.40. The van der Waals surface area contributed by atoms with E-state index in [4.69, 9.17) is 0 Å². The van der Waals surface area contributed by atoms with Gasteiger partial charge in [-0.05, 0) is 6.42 Å². The van der Waals surface area contributed by atoms with Crippen molar-refractivity contribution in [1.29, 1.82) is 0 Å². The van der Waals surface area contributed by atoms with Crippen LogP contribution in [-0.2, 0) is 0 Å². The molecule has 2 unspecified atom stereocenters. The Hall–Kier alpha value is -0.180. The first-order valence-corrected chi connectivity index (χ1v) is 3.69. The van der Waals surface area contributed by atoms with Gasteiger partial charge in [0.1, 0.15) is 0 Å². The zero-order valence-corrected chi connectivity index (χ0v) is 5.95. The van der Waals surface area contributed by atoms with Crippen molar-refractivity contribution in [2.45, 2.75) is 6.42 Å². The molecule has 60 valence electrons. The summed E-state index contributed by atoms with van der Waals surface area (Å²) >= 11 is 0. The van der Waals surface area contributed by atoms with E-state index in [-0.39, 0.29) is 25.2 Å². The van der Waals surface area contributed by atoms with Gasteiger partial charge in [0.05, 0.1) is 13.3 Å². The van der Waals surface area contributed by atoms with Crippen LogP contribution in [0.25, 0.3) is 0 Å². The van der Waals surface area contributed by atoms with Crippen molar-refractivity contribution in [3.8, 4) is 0 Å². The average Bonchev–Trinajstić information content (AvgIpc) is 2.05. The third kappa shape index (κ3) is 1.90. The predicted molar refractivity (Wildman–Crippen MR) is 36.4 cm³/mol. The van der Waals surface area contributed by atoms with E-state index in [0.717, 1.165) is 0 Å². The molecule has 10 heavy (non-hydrogen) atoms. The minimum absolute atomic E-state index is 0.0505. The molecule has 0 aromatic heterocycles. The van der Waals surface area contributed by atoms with Gasteiger partial charge in [-0.15, -0.1) is 0 Å². The van der Waals surface area contributed by atoms with E-state index in [1.165, 1.54) is 0 Å². The highest BCUT2D eigenvalue weighted by Gasteiger charge is 2.20. The number of nitrogens with one attached hydrogen (secondary N) is 1. The van der Waals surface area contributed by atoms with Crippen molar-refractivity contribution < 1.29 is 8.78 Å². The van der Waals surface area contributed by atoms with Crippen LogP contribution in [0.3, 0.4) is 0 Å². The molecule has 1 fully saturated rings. The topological polar surface area (TPSA) is 12.0 Å². The molecule has 0 aromatic rings. The van der Waals surface area contributed by atoms with Crippen molar-refractivity contribution in [1.82, 2.24) is 5.32 Å². The first-order valence-electron chi connectivity index (χ1n) is 3.69. The highest BCUT2D eigenvalue weighted by molar-refractivity contribution is 4.74.